The molecule has 1 aliphatic rings. The zero-order chi connectivity index (χ0) is 19.1. The second kappa shape index (κ2) is 7.26. The molecule has 9 heteroatoms. The molecule has 0 aromatic carbocycles. The number of carbonyl (C=O) groups is 1. The summed E-state index contributed by atoms with van der Waals surface area (Å²) in [4.78, 5) is 25.4. The molecule has 1 aliphatic heterocycles. The highest BCUT2D eigenvalue weighted by Gasteiger charge is 2.21. The molecule has 1 amide bonds. The second-order valence-corrected chi connectivity index (χ2v) is 8.81. The number of fused-ring (bicyclic) bond motifs is 3. The SMILES string of the molecule is CC(C)c1nn(CC(=O)NC2CCOCC2)c(=O)c2cc3sc(Cl)cc3n12. The highest BCUT2D eigenvalue weighted by atomic mass is 35.5. The van der Waals surface area contributed by atoms with E-state index in [-0.39, 0.29) is 30.0 Å². The van der Waals surface area contributed by atoms with Crippen LogP contribution in [0.15, 0.2) is 16.9 Å². The molecule has 0 aliphatic carbocycles. The van der Waals surface area contributed by atoms with Gasteiger partial charge in [0.05, 0.1) is 14.6 Å². The van der Waals surface area contributed by atoms with Gasteiger partial charge in [0.2, 0.25) is 5.91 Å². The van der Waals surface area contributed by atoms with Crippen molar-refractivity contribution in [2.75, 3.05) is 13.2 Å². The van der Waals surface area contributed by atoms with Crippen LogP contribution in [0.4, 0.5) is 0 Å². The van der Waals surface area contributed by atoms with E-state index in [1.165, 1.54) is 16.0 Å². The van der Waals surface area contributed by atoms with Crippen molar-refractivity contribution in [2.45, 2.75) is 45.2 Å². The molecule has 0 unspecified atom stereocenters. The van der Waals surface area contributed by atoms with E-state index < -0.39 is 0 Å². The summed E-state index contributed by atoms with van der Waals surface area (Å²) in [5.41, 5.74) is 1.12. The van der Waals surface area contributed by atoms with Crippen molar-refractivity contribution < 1.29 is 9.53 Å². The summed E-state index contributed by atoms with van der Waals surface area (Å²) in [6.07, 6.45) is 1.58. The van der Waals surface area contributed by atoms with Crippen molar-refractivity contribution >= 4 is 44.6 Å². The summed E-state index contributed by atoms with van der Waals surface area (Å²) in [6, 6.07) is 3.77. The van der Waals surface area contributed by atoms with Gasteiger partial charge in [0.25, 0.3) is 5.56 Å². The van der Waals surface area contributed by atoms with Gasteiger partial charge in [0.1, 0.15) is 17.9 Å². The average molecular weight is 409 g/mol. The summed E-state index contributed by atoms with van der Waals surface area (Å²) in [7, 11) is 0. The van der Waals surface area contributed by atoms with Crippen molar-refractivity contribution in [1.82, 2.24) is 19.5 Å². The Morgan fingerprint density at radius 2 is 2.11 bits per heavy atom. The fourth-order valence-corrected chi connectivity index (χ4v) is 4.60. The van der Waals surface area contributed by atoms with Gasteiger partial charge in [-0.2, -0.15) is 5.10 Å². The number of hydrogen-bond acceptors (Lipinski definition) is 5. The Bertz CT molecular complexity index is 1060. The Balaban J connectivity index is 1.71. The number of rotatable bonds is 4. The first kappa shape index (κ1) is 18.5. The number of ether oxygens (including phenoxy) is 1. The first-order valence-electron chi connectivity index (χ1n) is 9.02. The smallest absolute Gasteiger partial charge is 0.291 e. The molecule has 0 saturated carbocycles. The van der Waals surface area contributed by atoms with Gasteiger partial charge in [-0.05, 0) is 25.0 Å². The van der Waals surface area contributed by atoms with Crippen LogP contribution < -0.4 is 10.9 Å². The first-order chi connectivity index (χ1) is 12.9. The quantitative estimate of drug-likeness (QED) is 0.720. The van der Waals surface area contributed by atoms with Crippen molar-refractivity contribution in [2.24, 2.45) is 0 Å². The number of halogens is 1. The van der Waals surface area contributed by atoms with Crippen LogP contribution in [0.1, 0.15) is 38.4 Å². The Kier molecular flexibility index (Phi) is 4.96. The van der Waals surface area contributed by atoms with Gasteiger partial charge in [-0.3, -0.25) is 14.0 Å². The molecule has 1 saturated heterocycles. The third-order valence-corrected chi connectivity index (χ3v) is 5.96. The van der Waals surface area contributed by atoms with E-state index >= 15 is 0 Å². The van der Waals surface area contributed by atoms with Gasteiger partial charge < -0.3 is 10.1 Å². The monoisotopic (exact) mass is 408 g/mol. The Morgan fingerprint density at radius 1 is 1.37 bits per heavy atom. The highest BCUT2D eigenvalue weighted by Crippen LogP contribution is 2.32. The molecule has 4 heterocycles. The number of thiophene rings is 1. The first-order valence-corrected chi connectivity index (χ1v) is 10.2. The van der Waals surface area contributed by atoms with Gasteiger partial charge in [-0.15, -0.1) is 11.3 Å². The third-order valence-electron chi connectivity index (χ3n) is 4.76. The standard InChI is InChI=1S/C18H21ClN4O3S/c1-10(2)17-21-22(9-16(24)20-11-3-5-26-6-4-11)18(25)13-7-14-12(23(13)17)8-15(19)27-14/h7-8,10-11H,3-6,9H2,1-2H3,(H,20,24). The molecule has 0 atom stereocenters. The maximum atomic E-state index is 12.9. The molecule has 0 radical (unpaired) electrons. The predicted molar refractivity (Wildman–Crippen MR) is 106 cm³/mol. The summed E-state index contributed by atoms with van der Waals surface area (Å²) in [5.74, 6) is 0.604. The largest absolute Gasteiger partial charge is 0.381 e. The van der Waals surface area contributed by atoms with E-state index in [4.69, 9.17) is 16.3 Å². The summed E-state index contributed by atoms with van der Waals surface area (Å²) in [5, 5.41) is 7.49. The van der Waals surface area contributed by atoms with Crippen LogP contribution in [-0.2, 0) is 16.1 Å². The maximum absolute atomic E-state index is 12.9. The van der Waals surface area contributed by atoms with Gasteiger partial charge in [0.15, 0.2) is 0 Å². The fourth-order valence-electron chi connectivity index (χ4n) is 3.44. The van der Waals surface area contributed by atoms with Crippen LogP contribution in [0.2, 0.25) is 4.34 Å². The number of nitrogens with one attached hydrogen (secondary N) is 1. The number of nitrogens with zero attached hydrogens (tertiary/aromatic N) is 3. The van der Waals surface area contributed by atoms with Crippen molar-refractivity contribution in [3.63, 3.8) is 0 Å². The van der Waals surface area contributed by atoms with Crippen LogP contribution in [0.3, 0.4) is 0 Å². The van der Waals surface area contributed by atoms with Crippen LogP contribution in [0.5, 0.6) is 0 Å². The molecule has 1 N–H and O–H groups in total. The third kappa shape index (κ3) is 3.49. The lowest BCUT2D eigenvalue weighted by molar-refractivity contribution is -0.123. The van der Waals surface area contributed by atoms with Crippen molar-refractivity contribution in [3.8, 4) is 0 Å². The van der Waals surface area contributed by atoms with Gasteiger partial charge >= 0.3 is 0 Å². The summed E-state index contributed by atoms with van der Waals surface area (Å²) < 4.78 is 10.0. The minimum absolute atomic E-state index is 0.0761. The maximum Gasteiger partial charge on any atom is 0.291 e. The zero-order valence-corrected chi connectivity index (χ0v) is 16.8. The van der Waals surface area contributed by atoms with Crippen molar-refractivity contribution in [3.05, 3.63) is 32.6 Å². The summed E-state index contributed by atoms with van der Waals surface area (Å²) in [6.45, 7) is 5.23. The van der Waals surface area contributed by atoms with Crippen LogP contribution in [-0.4, -0.2) is 39.3 Å². The minimum Gasteiger partial charge on any atom is -0.381 e. The predicted octanol–water partition coefficient (Wildman–Crippen LogP) is 2.78. The molecule has 144 valence electrons. The molecule has 0 spiro atoms. The number of hydrogen-bond donors (Lipinski definition) is 1. The van der Waals surface area contributed by atoms with E-state index in [1.807, 2.05) is 30.4 Å². The highest BCUT2D eigenvalue weighted by molar-refractivity contribution is 7.22. The van der Waals surface area contributed by atoms with E-state index in [0.29, 0.717) is 23.1 Å². The number of aromatic nitrogens is 3. The van der Waals surface area contributed by atoms with E-state index in [9.17, 15) is 9.59 Å². The molecule has 4 rings (SSSR count). The van der Waals surface area contributed by atoms with E-state index in [0.717, 1.165) is 28.9 Å². The average Bonchev–Trinajstić information content (AvgIpc) is 3.14. The fraction of sp³-hybridized carbons (Fsp3) is 0.500. The van der Waals surface area contributed by atoms with Crippen LogP contribution in [0.25, 0.3) is 15.7 Å². The lowest BCUT2D eigenvalue weighted by Gasteiger charge is -2.23. The second-order valence-electron chi connectivity index (χ2n) is 7.09. The molecule has 1 fully saturated rings. The number of amides is 1. The molecule has 27 heavy (non-hydrogen) atoms. The normalized spacial score (nSPS) is 15.9. The Morgan fingerprint density at radius 3 is 2.81 bits per heavy atom. The summed E-state index contributed by atoms with van der Waals surface area (Å²) >= 11 is 7.56. The van der Waals surface area contributed by atoms with Crippen LogP contribution >= 0.6 is 22.9 Å². The van der Waals surface area contributed by atoms with Gasteiger partial charge in [0, 0.05) is 25.2 Å². The van der Waals surface area contributed by atoms with Gasteiger partial charge in [-0.1, -0.05) is 25.4 Å². The van der Waals surface area contributed by atoms with E-state index in [2.05, 4.69) is 10.4 Å². The Hall–Kier alpha value is -1.90. The molecule has 7 nitrogen and oxygen atoms in total. The topological polar surface area (TPSA) is 77.6 Å². The minimum atomic E-state index is -0.277. The molecular formula is C18H21ClN4O3S. The van der Waals surface area contributed by atoms with Crippen LogP contribution in [0, 0.1) is 0 Å². The van der Waals surface area contributed by atoms with Crippen molar-refractivity contribution in [1.29, 1.82) is 0 Å². The van der Waals surface area contributed by atoms with Gasteiger partial charge in [-0.25, -0.2) is 4.68 Å². The molecule has 3 aromatic heterocycles. The zero-order valence-electron chi connectivity index (χ0n) is 15.2. The Labute approximate surface area is 164 Å². The van der Waals surface area contributed by atoms with E-state index in [1.54, 1.807) is 0 Å². The lowest BCUT2D eigenvalue weighted by atomic mass is 10.1. The molecular weight excluding hydrogens is 388 g/mol. The number of carbonyl (C=O) groups excluding carboxylic acids is 1. The molecule has 3 aromatic rings. The molecule has 0 bridgehead atoms. The lowest BCUT2D eigenvalue weighted by Crippen LogP contribution is -2.42.